The number of aromatic hydroxyl groups is 1. The number of thioether (sulfide) groups is 1. The van der Waals surface area contributed by atoms with Crippen LogP contribution in [0.25, 0.3) is 0 Å². The minimum absolute atomic E-state index is 0.0511. The van der Waals surface area contributed by atoms with Crippen LogP contribution in [0, 0.1) is 0 Å². The summed E-state index contributed by atoms with van der Waals surface area (Å²) >= 11 is 2.94. The zero-order valence-corrected chi connectivity index (χ0v) is 22.1. The molecule has 38 heavy (non-hydrogen) atoms. The summed E-state index contributed by atoms with van der Waals surface area (Å²) in [6.07, 6.45) is 0.480. The number of nitrogens with one attached hydrogen (secondary N) is 1. The van der Waals surface area contributed by atoms with Crippen molar-refractivity contribution in [2.24, 2.45) is 0 Å². The van der Waals surface area contributed by atoms with Crippen LogP contribution < -0.4 is 5.32 Å². The summed E-state index contributed by atoms with van der Waals surface area (Å²) in [5.74, 6) is -0.0545. The molecule has 3 aromatic rings. The number of rotatable bonds is 8. The maximum Gasteiger partial charge on any atom is 0.254 e. The lowest BCUT2D eigenvalue weighted by Gasteiger charge is -2.28. The summed E-state index contributed by atoms with van der Waals surface area (Å²) in [6, 6.07) is 15.5. The fourth-order valence-electron chi connectivity index (χ4n) is 4.99. The summed E-state index contributed by atoms with van der Waals surface area (Å²) < 4.78 is 0. The molecule has 3 amide bonds. The first-order chi connectivity index (χ1) is 18.4. The molecule has 3 atom stereocenters. The van der Waals surface area contributed by atoms with Gasteiger partial charge in [-0.3, -0.25) is 19.2 Å². The first-order valence-corrected chi connectivity index (χ1v) is 14.4. The Balaban J connectivity index is 1.31. The van der Waals surface area contributed by atoms with Crippen molar-refractivity contribution in [2.45, 2.75) is 30.3 Å². The van der Waals surface area contributed by atoms with Gasteiger partial charge in [-0.25, -0.2) is 0 Å². The predicted molar refractivity (Wildman–Crippen MR) is 146 cm³/mol. The van der Waals surface area contributed by atoms with Crippen molar-refractivity contribution in [3.8, 4) is 5.75 Å². The van der Waals surface area contributed by atoms with Gasteiger partial charge in [-0.1, -0.05) is 30.3 Å². The monoisotopic (exact) mass is 549 g/mol. The fraction of sp³-hybridized carbons (Fsp3) is 0.286. The Morgan fingerprint density at radius 1 is 1.03 bits per heavy atom. The molecule has 2 aromatic carbocycles. The van der Waals surface area contributed by atoms with Crippen molar-refractivity contribution in [2.75, 3.05) is 18.8 Å². The molecule has 0 radical (unpaired) electrons. The van der Waals surface area contributed by atoms with Gasteiger partial charge in [0.25, 0.3) is 11.8 Å². The predicted octanol–water partition coefficient (Wildman–Crippen LogP) is 3.18. The van der Waals surface area contributed by atoms with Crippen LogP contribution in [0.3, 0.4) is 0 Å². The maximum absolute atomic E-state index is 13.8. The van der Waals surface area contributed by atoms with Crippen LogP contribution in [0.4, 0.5) is 0 Å². The Bertz CT molecular complexity index is 1310. The van der Waals surface area contributed by atoms with Crippen molar-refractivity contribution in [1.29, 1.82) is 0 Å². The number of hydrogen-bond acceptors (Lipinski definition) is 7. The number of thiophene rings is 1. The number of likely N-dealkylation sites (tertiary alicyclic amines) is 2. The quantitative estimate of drug-likeness (QED) is 0.447. The fourth-order valence-corrected chi connectivity index (χ4v) is 6.63. The largest absolute Gasteiger partial charge is 0.508 e. The molecule has 2 aliphatic rings. The van der Waals surface area contributed by atoms with Crippen LogP contribution >= 0.6 is 23.1 Å². The third-order valence-electron chi connectivity index (χ3n) is 6.86. The molecular formula is C28H27N3O5S2. The van der Waals surface area contributed by atoms with E-state index in [1.54, 1.807) is 33.5 Å². The molecular weight excluding hydrogens is 522 g/mol. The van der Waals surface area contributed by atoms with Crippen molar-refractivity contribution in [3.63, 3.8) is 0 Å². The number of hydrogen-bond donors (Lipinski definition) is 2. The second kappa shape index (κ2) is 11.4. The summed E-state index contributed by atoms with van der Waals surface area (Å²) in [7, 11) is 0. The van der Waals surface area contributed by atoms with Crippen LogP contribution in [-0.4, -0.2) is 75.4 Å². The third-order valence-corrected chi connectivity index (χ3v) is 8.65. The van der Waals surface area contributed by atoms with Crippen LogP contribution in [-0.2, 0) is 15.3 Å². The van der Waals surface area contributed by atoms with Crippen LogP contribution in [0.5, 0.6) is 5.75 Å². The summed E-state index contributed by atoms with van der Waals surface area (Å²) in [4.78, 5) is 55.9. The smallest absolute Gasteiger partial charge is 0.254 e. The lowest BCUT2D eigenvalue weighted by Crippen LogP contribution is -2.53. The molecule has 10 heteroatoms. The molecule has 0 bridgehead atoms. The van der Waals surface area contributed by atoms with Gasteiger partial charge in [-0.2, -0.15) is 23.1 Å². The van der Waals surface area contributed by atoms with E-state index in [0.717, 1.165) is 5.56 Å². The van der Waals surface area contributed by atoms with Gasteiger partial charge in [0.05, 0.1) is 18.2 Å². The second-order valence-electron chi connectivity index (χ2n) is 9.32. The van der Waals surface area contributed by atoms with Gasteiger partial charge >= 0.3 is 0 Å². The molecule has 0 spiro atoms. The van der Waals surface area contributed by atoms with Gasteiger partial charge in [0.15, 0.2) is 5.78 Å². The first kappa shape index (κ1) is 26.0. The Hall–Kier alpha value is -3.63. The van der Waals surface area contributed by atoms with Crippen LogP contribution in [0.15, 0.2) is 71.4 Å². The molecule has 2 N–H and O–H groups in total. The van der Waals surface area contributed by atoms with E-state index in [1.807, 2.05) is 30.3 Å². The standard InChI is InChI=1S/C28H27N3O5S2/c32-21-8-6-19(7-9-21)27(35)31-14-24(33)25-23(31)10-12-30(25)28(36)22(29-26(34)20-11-13-37-16-20)17-38-15-18-4-2-1-3-5-18/h1-9,11,13,16,22-23,25,32H,10,12,14-15,17H2,(H,29,34)/t22?,23-,25+/m1/s1. The van der Waals surface area contributed by atoms with E-state index in [0.29, 0.717) is 35.6 Å². The Morgan fingerprint density at radius 3 is 2.50 bits per heavy atom. The Kier molecular flexibility index (Phi) is 7.80. The molecule has 196 valence electrons. The second-order valence-corrected chi connectivity index (χ2v) is 11.1. The van der Waals surface area contributed by atoms with Crippen molar-refractivity contribution in [1.82, 2.24) is 15.1 Å². The van der Waals surface area contributed by atoms with E-state index in [2.05, 4.69) is 5.32 Å². The number of nitrogens with zero attached hydrogens (tertiary/aromatic N) is 2. The minimum Gasteiger partial charge on any atom is -0.508 e. The molecule has 3 heterocycles. The van der Waals surface area contributed by atoms with Gasteiger partial charge in [0, 0.05) is 29.0 Å². The van der Waals surface area contributed by atoms with Crippen LogP contribution in [0.1, 0.15) is 32.7 Å². The lowest BCUT2D eigenvalue weighted by atomic mass is 10.1. The average Bonchev–Trinajstić information content (AvgIpc) is 3.68. The molecule has 1 aromatic heterocycles. The lowest BCUT2D eigenvalue weighted by molar-refractivity contribution is -0.137. The maximum atomic E-state index is 13.8. The van der Waals surface area contributed by atoms with E-state index < -0.39 is 18.1 Å². The van der Waals surface area contributed by atoms with E-state index in [-0.39, 0.29) is 35.8 Å². The van der Waals surface area contributed by atoms with E-state index >= 15 is 0 Å². The number of fused-ring (bicyclic) bond motifs is 1. The zero-order chi connectivity index (χ0) is 26.6. The minimum atomic E-state index is -0.815. The molecule has 2 fully saturated rings. The summed E-state index contributed by atoms with van der Waals surface area (Å²) in [5.41, 5.74) is 1.98. The summed E-state index contributed by atoms with van der Waals surface area (Å²) in [6.45, 7) is 0.251. The number of Topliss-reactive ketones (excluding diaryl/α,β-unsaturated/α-hetero) is 1. The molecule has 2 aliphatic heterocycles. The van der Waals surface area contributed by atoms with E-state index in [9.17, 15) is 24.3 Å². The number of amides is 3. The van der Waals surface area contributed by atoms with Crippen molar-refractivity contribution in [3.05, 3.63) is 88.1 Å². The highest BCUT2D eigenvalue weighted by Gasteiger charge is 2.52. The molecule has 5 rings (SSSR count). The Labute approximate surface area is 228 Å². The molecule has 0 aliphatic carbocycles. The average molecular weight is 550 g/mol. The van der Waals surface area contributed by atoms with Gasteiger partial charge in [-0.05, 0) is 47.7 Å². The third kappa shape index (κ3) is 5.46. The van der Waals surface area contributed by atoms with Gasteiger partial charge in [0.2, 0.25) is 5.91 Å². The molecule has 1 unspecified atom stereocenters. The number of benzene rings is 2. The topological polar surface area (TPSA) is 107 Å². The van der Waals surface area contributed by atoms with Gasteiger partial charge in [-0.15, -0.1) is 0 Å². The highest BCUT2D eigenvalue weighted by atomic mass is 32.2. The van der Waals surface area contributed by atoms with E-state index in [1.165, 1.54) is 40.5 Å². The van der Waals surface area contributed by atoms with Crippen molar-refractivity contribution >= 4 is 46.6 Å². The normalized spacial score (nSPS) is 19.3. The number of carbonyl (C=O) groups excluding carboxylic acids is 4. The van der Waals surface area contributed by atoms with Gasteiger partial charge in [0.1, 0.15) is 17.8 Å². The highest BCUT2D eigenvalue weighted by molar-refractivity contribution is 7.98. The molecule has 8 nitrogen and oxygen atoms in total. The van der Waals surface area contributed by atoms with E-state index in [4.69, 9.17) is 0 Å². The zero-order valence-electron chi connectivity index (χ0n) is 20.5. The molecule has 0 saturated carbocycles. The van der Waals surface area contributed by atoms with Crippen molar-refractivity contribution < 1.29 is 24.3 Å². The first-order valence-electron chi connectivity index (χ1n) is 12.3. The van der Waals surface area contributed by atoms with Gasteiger partial charge < -0.3 is 20.2 Å². The molecule has 2 saturated heterocycles. The SMILES string of the molecule is O=C(NC(CSCc1ccccc1)C(=O)N1CC[C@@H]2[C@H]1C(=O)CN2C(=O)c1ccc(O)cc1)c1ccsc1. The van der Waals surface area contributed by atoms with Crippen LogP contribution in [0.2, 0.25) is 0 Å². The number of carbonyl (C=O) groups is 4. The summed E-state index contributed by atoms with van der Waals surface area (Å²) in [5, 5.41) is 16.0. The Morgan fingerprint density at radius 2 is 1.79 bits per heavy atom. The number of phenols is 1. The number of phenolic OH excluding ortho intramolecular Hbond substituents is 1. The highest BCUT2D eigenvalue weighted by Crippen LogP contribution is 2.32. The number of ketones is 1.